The normalized spacial score (nSPS) is 11.2. The van der Waals surface area contributed by atoms with Crippen LogP contribution in [-0.2, 0) is 17.7 Å². The molecule has 4 heteroatoms. The smallest absolute Gasteiger partial charge is 0.338 e. The number of hydrogen-bond acceptors (Lipinski definition) is 3. The quantitative estimate of drug-likeness (QED) is 0.788. The molecule has 0 aliphatic heterocycles. The van der Waals surface area contributed by atoms with Crippen LogP contribution in [0.4, 0.5) is 10.1 Å². The van der Waals surface area contributed by atoms with E-state index < -0.39 is 5.60 Å². The summed E-state index contributed by atoms with van der Waals surface area (Å²) >= 11 is 0. The van der Waals surface area contributed by atoms with Crippen LogP contribution in [-0.4, -0.2) is 11.6 Å². The average molecular weight is 329 g/mol. The van der Waals surface area contributed by atoms with Crippen LogP contribution in [0.2, 0.25) is 0 Å². The summed E-state index contributed by atoms with van der Waals surface area (Å²) in [6, 6.07) is 12.3. The van der Waals surface area contributed by atoms with Crippen molar-refractivity contribution in [2.75, 3.05) is 5.32 Å². The number of carbonyl (C=O) groups is 1. The second kappa shape index (κ2) is 7.47. The van der Waals surface area contributed by atoms with Crippen LogP contribution in [0.5, 0.6) is 0 Å². The molecule has 2 aromatic carbocycles. The van der Waals surface area contributed by atoms with Gasteiger partial charge in [0.25, 0.3) is 0 Å². The number of carbonyl (C=O) groups excluding carboxylic acids is 1. The molecule has 0 bridgehead atoms. The fourth-order valence-electron chi connectivity index (χ4n) is 2.24. The summed E-state index contributed by atoms with van der Waals surface area (Å²) in [5, 5.41) is 3.15. The Morgan fingerprint density at radius 2 is 1.92 bits per heavy atom. The second-order valence-electron chi connectivity index (χ2n) is 6.72. The second-order valence-corrected chi connectivity index (χ2v) is 6.72. The Hall–Kier alpha value is -2.36. The standard InChI is InChI=1S/C20H24FNO2/c1-5-14-9-10-16(18(21)11-14)13-22-17-8-6-7-15(12-17)19(23)24-20(2,3)4/h6-12,22H,5,13H2,1-4H3. The molecular weight excluding hydrogens is 305 g/mol. The number of ether oxygens (including phenoxy) is 1. The van der Waals surface area contributed by atoms with E-state index in [1.54, 1.807) is 30.3 Å². The highest BCUT2D eigenvalue weighted by Crippen LogP contribution is 2.18. The van der Waals surface area contributed by atoms with Gasteiger partial charge in [0.2, 0.25) is 0 Å². The molecule has 0 fully saturated rings. The van der Waals surface area contributed by atoms with E-state index in [0.717, 1.165) is 17.7 Å². The zero-order valence-electron chi connectivity index (χ0n) is 14.7. The summed E-state index contributed by atoms with van der Waals surface area (Å²) in [5.41, 5.74) is 2.25. The molecule has 128 valence electrons. The summed E-state index contributed by atoms with van der Waals surface area (Å²) < 4.78 is 19.4. The first kappa shape index (κ1) is 18.0. The highest BCUT2D eigenvalue weighted by atomic mass is 19.1. The predicted molar refractivity (Wildman–Crippen MR) is 94.7 cm³/mol. The van der Waals surface area contributed by atoms with Gasteiger partial charge in [0.15, 0.2) is 0 Å². The summed E-state index contributed by atoms with van der Waals surface area (Å²) in [4.78, 5) is 12.1. The van der Waals surface area contributed by atoms with Crippen LogP contribution < -0.4 is 5.32 Å². The van der Waals surface area contributed by atoms with E-state index in [4.69, 9.17) is 4.74 Å². The molecule has 0 aliphatic rings. The van der Waals surface area contributed by atoms with Gasteiger partial charge in [-0.2, -0.15) is 0 Å². The zero-order valence-corrected chi connectivity index (χ0v) is 14.7. The number of benzene rings is 2. The Morgan fingerprint density at radius 3 is 2.54 bits per heavy atom. The minimum Gasteiger partial charge on any atom is -0.456 e. The summed E-state index contributed by atoms with van der Waals surface area (Å²) in [5.74, 6) is -0.588. The predicted octanol–water partition coefficient (Wildman–Crippen LogP) is 4.96. The number of halogens is 1. The maximum absolute atomic E-state index is 14.0. The molecule has 24 heavy (non-hydrogen) atoms. The van der Waals surface area contributed by atoms with Gasteiger partial charge in [-0.1, -0.05) is 25.1 Å². The summed E-state index contributed by atoms with van der Waals surface area (Å²) in [6.07, 6.45) is 0.808. The first-order chi connectivity index (χ1) is 11.3. The Kier molecular flexibility index (Phi) is 5.60. The van der Waals surface area contributed by atoms with E-state index in [1.807, 2.05) is 39.8 Å². The fraction of sp³-hybridized carbons (Fsp3) is 0.350. The van der Waals surface area contributed by atoms with Crippen LogP contribution in [0.3, 0.4) is 0 Å². The van der Waals surface area contributed by atoms with Crippen molar-refractivity contribution in [3.63, 3.8) is 0 Å². The van der Waals surface area contributed by atoms with Crippen LogP contribution >= 0.6 is 0 Å². The van der Waals surface area contributed by atoms with Gasteiger partial charge >= 0.3 is 5.97 Å². The van der Waals surface area contributed by atoms with E-state index in [9.17, 15) is 9.18 Å². The molecule has 0 saturated heterocycles. The number of esters is 1. The first-order valence-corrected chi connectivity index (χ1v) is 8.13. The van der Waals surface area contributed by atoms with Gasteiger partial charge in [-0.15, -0.1) is 0 Å². The lowest BCUT2D eigenvalue weighted by Gasteiger charge is -2.19. The monoisotopic (exact) mass is 329 g/mol. The molecule has 2 aromatic rings. The average Bonchev–Trinajstić information content (AvgIpc) is 2.52. The third kappa shape index (κ3) is 5.08. The van der Waals surface area contributed by atoms with Crippen molar-refractivity contribution < 1.29 is 13.9 Å². The lowest BCUT2D eigenvalue weighted by molar-refractivity contribution is 0.00696. The van der Waals surface area contributed by atoms with Crippen molar-refractivity contribution in [1.82, 2.24) is 0 Å². The minimum absolute atomic E-state index is 0.217. The van der Waals surface area contributed by atoms with Gasteiger partial charge in [-0.05, 0) is 57.0 Å². The molecule has 0 radical (unpaired) electrons. The van der Waals surface area contributed by atoms with E-state index in [2.05, 4.69) is 5.32 Å². The molecule has 0 aromatic heterocycles. The highest BCUT2D eigenvalue weighted by Gasteiger charge is 2.17. The molecule has 1 N–H and O–H groups in total. The van der Waals surface area contributed by atoms with Gasteiger partial charge in [-0.25, -0.2) is 9.18 Å². The number of nitrogens with one attached hydrogen (secondary N) is 1. The molecule has 0 spiro atoms. The van der Waals surface area contributed by atoms with E-state index >= 15 is 0 Å². The van der Waals surface area contributed by atoms with E-state index in [0.29, 0.717) is 17.7 Å². The Bertz CT molecular complexity index is 720. The van der Waals surface area contributed by atoms with Crippen LogP contribution in [0, 0.1) is 5.82 Å². The lowest BCUT2D eigenvalue weighted by Crippen LogP contribution is -2.23. The molecule has 0 saturated carbocycles. The zero-order chi connectivity index (χ0) is 17.7. The Labute approximate surface area is 142 Å². The SMILES string of the molecule is CCc1ccc(CNc2cccc(C(=O)OC(C)(C)C)c2)c(F)c1. The summed E-state index contributed by atoms with van der Waals surface area (Å²) in [6.45, 7) is 7.84. The Morgan fingerprint density at radius 1 is 1.17 bits per heavy atom. The van der Waals surface area contributed by atoms with Gasteiger partial charge in [0.05, 0.1) is 5.56 Å². The largest absolute Gasteiger partial charge is 0.456 e. The van der Waals surface area contributed by atoms with Gasteiger partial charge < -0.3 is 10.1 Å². The van der Waals surface area contributed by atoms with E-state index in [-0.39, 0.29) is 11.8 Å². The molecule has 0 aliphatic carbocycles. The molecule has 0 atom stereocenters. The number of hydrogen-bond donors (Lipinski definition) is 1. The first-order valence-electron chi connectivity index (χ1n) is 8.13. The molecular formula is C20H24FNO2. The van der Waals surface area contributed by atoms with Crippen molar-refractivity contribution in [3.8, 4) is 0 Å². The number of aryl methyl sites for hydroxylation is 1. The van der Waals surface area contributed by atoms with Crippen LogP contribution in [0.1, 0.15) is 49.2 Å². The lowest BCUT2D eigenvalue weighted by atomic mass is 10.1. The van der Waals surface area contributed by atoms with Crippen LogP contribution in [0.15, 0.2) is 42.5 Å². The van der Waals surface area contributed by atoms with Crippen molar-refractivity contribution in [3.05, 3.63) is 65.0 Å². The third-order valence-corrected chi connectivity index (χ3v) is 3.51. The third-order valence-electron chi connectivity index (χ3n) is 3.51. The topological polar surface area (TPSA) is 38.3 Å². The van der Waals surface area contributed by atoms with Gasteiger partial charge in [-0.3, -0.25) is 0 Å². The molecule has 0 amide bonds. The maximum atomic E-state index is 14.0. The molecule has 2 rings (SSSR count). The van der Waals surface area contributed by atoms with Crippen molar-refractivity contribution in [2.24, 2.45) is 0 Å². The van der Waals surface area contributed by atoms with Crippen molar-refractivity contribution in [1.29, 1.82) is 0 Å². The van der Waals surface area contributed by atoms with E-state index in [1.165, 1.54) is 0 Å². The molecule has 0 unspecified atom stereocenters. The fourth-order valence-corrected chi connectivity index (χ4v) is 2.24. The maximum Gasteiger partial charge on any atom is 0.338 e. The van der Waals surface area contributed by atoms with Crippen LogP contribution in [0.25, 0.3) is 0 Å². The van der Waals surface area contributed by atoms with Crippen molar-refractivity contribution >= 4 is 11.7 Å². The van der Waals surface area contributed by atoms with Crippen molar-refractivity contribution in [2.45, 2.75) is 46.3 Å². The van der Waals surface area contributed by atoms with Gasteiger partial charge in [0, 0.05) is 17.8 Å². The molecule has 0 heterocycles. The number of rotatable bonds is 5. The molecule has 3 nitrogen and oxygen atoms in total. The van der Waals surface area contributed by atoms with Gasteiger partial charge in [0.1, 0.15) is 11.4 Å². The Balaban J connectivity index is 2.06. The number of anilines is 1. The summed E-state index contributed by atoms with van der Waals surface area (Å²) in [7, 11) is 0. The highest BCUT2D eigenvalue weighted by molar-refractivity contribution is 5.90. The minimum atomic E-state index is -0.537.